The number of carbonyl (C=O) groups excluding carboxylic acids is 2. The maximum absolute atomic E-state index is 13.4. The molecule has 1 amide bonds. The van der Waals surface area contributed by atoms with Gasteiger partial charge in [-0.15, -0.1) is 0 Å². The zero-order valence-electron chi connectivity index (χ0n) is 18.0. The van der Waals surface area contributed by atoms with Crippen molar-refractivity contribution in [3.63, 3.8) is 0 Å². The van der Waals surface area contributed by atoms with Gasteiger partial charge in [-0.25, -0.2) is 0 Å². The fraction of sp³-hybridized carbons (Fsp3) is 0.360. The van der Waals surface area contributed by atoms with Gasteiger partial charge in [-0.3, -0.25) is 14.5 Å². The number of hydrogen-bond donors (Lipinski definition) is 0. The number of anilines is 1. The second-order valence-corrected chi connectivity index (χ2v) is 8.08. The highest BCUT2D eigenvalue weighted by Crippen LogP contribution is 2.46. The predicted octanol–water partition coefficient (Wildman–Crippen LogP) is 4.85. The number of Topliss-reactive ketones (excluding diaryl/α,β-unsaturated/α-hetero) is 1. The lowest BCUT2D eigenvalue weighted by Gasteiger charge is -2.38. The Balaban J connectivity index is 1.88. The molecule has 0 saturated heterocycles. The third-order valence-electron chi connectivity index (χ3n) is 5.96. The Bertz CT molecular complexity index is 1030. The number of methoxy groups -OCH3 is 2. The van der Waals surface area contributed by atoms with Crippen LogP contribution in [-0.2, 0) is 9.59 Å². The van der Waals surface area contributed by atoms with Crippen molar-refractivity contribution >= 4 is 17.4 Å². The van der Waals surface area contributed by atoms with Gasteiger partial charge in [0, 0.05) is 47.3 Å². The molecular weight excluding hydrogens is 378 g/mol. The van der Waals surface area contributed by atoms with Gasteiger partial charge in [0.05, 0.1) is 14.2 Å². The van der Waals surface area contributed by atoms with Crippen molar-refractivity contribution in [3.05, 3.63) is 64.4 Å². The average Bonchev–Trinajstić information content (AvgIpc) is 2.72. The van der Waals surface area contributed by atoms with E-state index in [0.29, 0.717) is 17.9 Å². The molecule has 0 bridgehead atoms. The van der Waals surface area contributed by atoms with Crippen molar-refractivity contribution < 1.29 is 19.1 Å². The molecule has 156 valence electrons. The standard InChI is InChI=1S/C25H27NO4/c1-15-10-16(2)12-17(11-15)26-21-6-5-7-22(27)25(21)20(14-24(26)28)19-9-8-18(29-3)13-23(19)30-4/h8-13,20H,5-7,14H2,1-4H3/t20-/m0/s1. The lowest BCUT2D eigenvalue weighted by Crippen LogP contribution is -2.40. The molecule has 0 aromatic heterocycles. The molecule has 0 unspecified atom stereocenters. The van der Waals surface area contributed by atoms with Crippen molar-refractivity contribution in [2.75, 3.05) is 19.1 Å². The van der Waals surface area contributed by atoms with Crippen LogP contribution in [0.1, 0.15) is 48.3 Å². The van der Waals surface area contributed by atoms with Crippen LogP contribution in [0.3, 0.4) is 0 Å². The van der Waals surface area contributed by atoms with Crippen molar-refractivity contribution in [3.8, 4) is 11.5 Å². The summed E-state index contributed by atoms with van der Waals surface area (Å²) in [5, 5.41) is 0. The highest BCUT2D eigenvalue weighted by Gasteiger charge is 2.40. The molecule has 0 spiro atoms. The number of allylic oxidation sites excluding steroid dienone is 2. The van der Waals surface area contributed by atoms with Crippen LogP contribution in [0.2, 0.25) is 0 Å². The van der Waals surface area contributed by atoms with E-state index < -0.39 is 0 Å². The topological polar surface area (TPSA) is 55.8 Å². The highest BCUT2D eigenvalue weighted by molar-refractivity contribution is 6.07. The van der Waals surface area contributed by atoms with E-state index in [1.807, 2.05) is 44.2 Å². The van der Waals surface area contributed by atoms with Crippen molar-refractivity contribution in [1.29, 1.82) is 0 Å². The van der Waals surface area contributed by atoms with Gasteiger partial charge in [0.25, 0.3) is 0 Å². The minimum Gasteiger partial charge on any atom is -0.497 e. The van der Waals surface area contributed by atoms with Crippen LogP contribution in [0, 0.1) is 13.8 Å². The van der Waals surface area contributed by atoms with E-state index in [0.717, 1.165) is 46.5 Å². The number of nitrogens with zero attached hydrogens (tertiary/aromatic N) is 1. The lowest BCUT2D eigenvalue weighted by molar-refractivity contribution is -0.119. The number of benzene rings is 2. The summed E-state index contributed by atoms with van der Waals surface area (Å²) >= 11 is 0. The van der Waals surface area contributed by atoms with Gasteiger partial charge in [-0.1, -0.05) is 12.1 Å². The summed E-state index contributed by atoms with van der Waals surface area (Å²) in [6.45, 7) is 4.05. The summed E-state index contributed by atoms with van der Waals surface area (Å²) in [5.74, 6) is 1.15. The number of ketones is 1. The normalized spacial score (nSPS) is 19.1. The molecule has 0 saturated carbocycles. The van der Waals surface area contributed by atoms with Crippen molar-refractivity contribution in [2.24, 2.45) is 0 Å². The number of ether oxygens (including phenoxy) is 2. The van der Waals surface area contributed by atoms with Crippen molar-refractivity contribution in [1.82, 2.24) is 0 Å². The molecule has 0 N–H and O–H groups in total. The summed E-state index contributed by atoms with van der Waals surface area (Å²) in [5.41, 5.74) is 5.50. The van der Waals surface area contributed by atoms with Crippen LogP contribution in [0.4, 0.5) is 5.69 Å². The maximum atomic E-state index is 13.4. The molecule has 30 heavy (non-hydrogen) atoms. The van der Waals surface area contributed by atoms with Gasteiger partial charge in [-0.05, 0) is 56.0 Å². The molecule has 1 atom stereocenters. The van der Waals surface area contributed by atoms with E-state index in [2.05, 4.69) is 6.07 Å². The second-order valence-electron chi connectivity index (χ2n) is 8.08. The maximum Gasteiger partial charge on any atom is 0.232 e. The number of rotatable bonds is 4. The van der Waals surface area contributed by atoms with Gasteiger partial charge in [0.15, 0.2) is 5.78 Å². The summed E-state index contributed by atoms with van der Waals surface area (Å²) in [4.78, 5) is 28.3. The lowest BCUT2D eigenvalue weighted by atomic mass is 9.76. The van der Waals surface area contributed by atoms with Crippen LogP contribution < -0.4 is 14.4 Å². The molecule has 0 radical (unpaired) electrons. The Morgan fingerprint density at radius 2 is 1.67 bits per heavy atom. The number of aryl methyl sites for hydroxylation is 2. The fourth-order valence-corrected chi connectivity index (χ4v) is 4.74. The molecular formula is C25H27NO4. The first-order chi connectivity index (χ1) is 14.4. The predicted molar refractivity (Wildman–Crippen MR) is 116 cm³/mol. The SMILES string of the molecule is COc1ccc([C@@H]2CC(=O)N(c3cc(C)cc(C)c3)C3=C2C(=O)CCC3)c(OC)c1. The number of hydrogen-bond acceptors (Lipinski definition) is 4. The summed E-state index contributed by atoms with van der Waals surface area (Å²) in [6.07, 6.45) is 2.23. The van der Waals surface area contributed by atoms with Gasteiger partial charge < -0.3 is 9.47 Å². The van der Waals surface area contributed by atoms with Crippen molar-refractivity contribution in [2.45, 2.75) is 45.4 Å². The Labute approximate surface area is 177 Å². The van der Waals surface area contributed by atoms with Gasteiger partial charge in [-0.2, -0.15) is 0 Å². The quantitative estimate of drug-likeness (QED) is 0.730. The first kappa shape index (κ1) is 20.2. The molecule has 2 aromatic rings. The van der Waals surface area contributed by atoms with Crippen LogP contribution in [0.5, 0.6) is 11.5 Å². The van der Waals surface area contributed by atoms with E-state index >= 15 is 0 Å². The molecule has 2 aliphatic rings. The van der Waals surface area contributed by atoms with Crippen LogP contribution in [0.25, 0.3) is 0 Å². The van der Waals surface area contributed by atoms with Crippen LogP contribution in [0.15, 0.2) is 47.7 Å². The zero-order valence-corrected chi connectivity index (χ0v) is 18.0. The monoisotopic (exact) mass is 405 g/mol. The molecule has 2 aromatic carbocycles. The minimum atomic E-state index is -0.302. The van der Waals surface area contributed by atoms with E-state index in [9.17, 15) is 9.59 Å². The average molecular weight is 405 g/mol. The smallest absolute Gasteiger partial charge is 0.232 e. The van der Waals surface area contributed by atoms with Gasteiger partial charge >= 0.3 is 0 Å². The Morgan fingerprint density at radius 1 is 0.933 bits per heavy atom. The summed E-state index contributed by atoms with van der Waals surface area (Å²) in [6, 6.07) is 11.7. The molecule has 5 heteroatoms. The van der Waals surface area contributed by atoms with Gasteiger partial charge in [0.1, 0.15) is 11.5 Å². The van der Waals surface area contributed by atoms with Crippen LogP contribution >= 0.6 is 0 Å². The van der Waals surface area contributed by atoms with E-state index in [-0.39, 0.29) is 24.0 Å². The van der Waals surface area contributed by atoms with E-state index in [1.54, 1.807) is 19.1 Å². The van der Waals surface area contributed by atoms with E-state index in [4.69, 9.17) is 9.47 Å². The Kier molecular flexibility index (Phi) is 5.37. The first-order valence-corrected chi connectivity index (χ1v) is 10.3. The van der Waals surface area contributed by atoms with E-state index in [1.165, 1.54) is 0 Å². The first-order valence-electron chi connectivity index (χ1n) is 10.3. The minimum absolute atomic E-state index is 0.0105. The largest absolute Gasteiger partial charge is 0.497 e. The third kappa shape index (κ3) is 3.49. The van der Waals surface area contributed by atoms with Gasteiger partial charge in [0.2, 0.25) is 5.91 Å². The molecule has 5 nitrogen and oxygen atoms in total. The van der Waals surface area contributed by atoms with Crippen LogP contribution in [-0.4, -0.2) is 25.9 Å². The third-order valence-corrected chi connectivity index (χ3v) is 5.96. The molecule has 1 aliphatic carbocycles. The molecule has 4 rings (SSSR count). The fourth-order valence-electron chi connectivity index (χ4n) is 4.74. The Morgan fingerprint density at radius 3 is 2.33 bits per heavy atom. The highest BCUT2D eigenvalue weighted by atomic mass is 16.5. The second kappa shape index (κ2) is 7.98. The number of amides is 1. The summed E-state index contributed by atoms with van der Waals surface area (Å²) in [7, 11) is 3.20. The molecule has 1 aliphatic heterocycles. The Hall–Kier alpha value is -3.08. The summed E-state index contributed by atoms with van der Waals surface area (Å²) < 4.78 is 10.9. The zero-order chi connectivity index (χ0) is 21.4. The molecule has 0 fully saturated rings. The number of carbonyl (C=O) groups is 2. The molecule has 1 heterocycles.